The number of hydrogen-bond acceptors (Lipinski definition) is 5. The lowest BCUT2D eigenvalue weighted by Crippen LogP contribution is -2.25. The Balaban J connectivity index is 1.70. The van der Waals surface area contributed by atoms with Crippen LogP contribution in [0.1, 0.15) is 61.5 Å². The van der Waals surface area contributed by atoms with E-state index in [1.807, 2.05) is 13.8 Å². The number of rotatable bonds is 6. The number of halogens is 3. The number of ether oxygens (including phenoxy) is 1. The summed E-state index contributed by atoms with van der Waals surface area (Å²) in [7, 11) is 0. The van der Waals surface area contributed by atoms with Gasteiger partial charge in [0.1, 0.15) is 5.82 Å². The zero-order chi connectivity index (χ0) is 24.3. The van der Waals surface area contributed by atoms with Crippen molar-refractivity contribution in [3.05, 3.63) is 66.0 Å². The van der Waals surface area contributed by atoms with E-state index in [4.69, 9.17) is 4.74 Å². The quantitative estimate of drug-likeness (QED) is 0.477. The van der Waals surface area contributed by atoms with E-state index in [1.54, 1.807) is 24.3 Å². The van der Waals surface area contributed by atoms with Crippen LogP contribution >= 0.6 is 0 Å². The molecule has 178 valence electrons. The van der Waals surface area contributed by atoms with Crippen LogP contribution in [0, 0.1) is 5.82 Å². The molecule has 6 nitrogen and oxygen atoms in total. The predicted molar refractivity (Wildman–Crippen MR) is 122 cm³/mol. The molecule has 0 atom stereocenters. The minimum Gasteiger partial charge on any atom is -0.461 e. The van der Waals surface area contributed by atoms with Crippen molar-refractivity contribution in [1.29, 1.82) is 0 Å². The first-order valence-corrected chi connectivity index (χ1v) is 11.2. The van der Waals surface area contributed by atoms with Gasteiger partial charge in [-0.3, -0.25) is 9.78 Å². The molecular weight excluding hydrogens is 445 g/mol. The number of benzene rings is 1. The Morgan fingerprint density at radius 3 is 2.38 bits per heavy atom. The molecule has 34 heavy (non-hydrogen) atoms. The molecule has 9 heteroatoms. The molecule has 4 rings (SSSR count). The van der Waals surface area contributed by atoms with Crippen molar-refractivity contribution in [1.82, 2.24) is 15.0 Å². The zero-order valence-electron chi connectivity index (χ0n) is 18.9. The van der Waals surface area contributed by atoms with Crippen LogP contribution in [-0.4, -0.2) is 32.9 Å². The molecule has 0 aliphatic heterocycles. The topological polar surface area (TPSA) is 77.0 Å². The van der Waals surface area contributed by atoms with Gasteiger partial charge in [-0.05, 0) is 38.8 Å². The number of carbonyl (C=O) groups is 1. The van der Waals surface area contributed by atoms with Gasteiger partial charge in [-0.1, -0.05) is 18.2 Å². The van der Waals surface area contributed by atoms with Crippen molar-refractivity contribution in [3.63, 3.8) is 0 Å². The van der Waals surface area contributed by atoms with Crippen LogP contribution < -0.4 is 10.1 Å². The van der Waals surface area contributed by atoms with Crippen molar-refractivity contribution in [2.75, 3.05) is 5.32 Å². The Morgan fingerprint density at radius 2 is 1.74 bits per heavy atom. The molecule has 1 amide bonds. The molecule has 1 saturated carbocycles. The van der Waals surface area contributed by atoms with Crippen molar-refractivity contribution >= 4 is 11.6 Å². The lowest BCUT2D eigenvalue weighted by molar-refractivity contribution is -0.0384. The molecule has 2 aromatic heterocycles. The highest BCUT2D eigenvalue weighted by Gasteiger charge is 2.37. The second-order valence-corrected chi connectivity index (χ2v) is 8.60. The maximum Gasteiger partial charge on any atom is 0.316 e. The second-order valence-electron chi connectivity index (χ2n) is 8.60. The number of amides is 1. The van der Waals surface area contributed by atoms with E-state index < -0.39 is 17.6 Å². The minimum absolute atomic E-state index is 0.121. The Labute approximate surface area is 195 Å². The zero-order valence-corrected chi connectivity index (χ0v) is 18.9. The van der Waals surface area contributed by atoms with Crippen LogP contribution in [0.2, 0.25) is 0 Å². The molecule has 1 N–H and O–H groups in total. The summed E-state index contributed by atoms with van der Waals surface area (Å²) < 4.78 is 47.6. The van der Waals surface area contributed by atoms with Gasteiger partial charge in [-0.15, -0.1) is 0 Å². The molecule has 0 bridgehead atoms. The van der Waals surface area contributed by atoms with Gasteiger partial charge in [0.2, 0.25) is 5.92 Å². The fourth-order valence-electron chi connectivity index (χ4n) is 4.03. The van der Waals surface area contributed by atoms with E-state index in [1.165, 1.54) is 24.7 Å². The van der Waals surface area contributed by atoms with Gasteiger partial charge in [0, 0.05) is 48.5 Å². The minimum atomic E-state index is -2.71. The number of pyridine rings is 1. The summed E-state index contributed by atoms with van der Waals surface area (Å²) in [4.78, 5) is 25.6. The highest BCUT2D eigenvalue weighted by atomic mass is 19.3. The monoisotopic (exact) mass is 470 g/mol. The highest BCUT2D eigenvalue weighted by molar-refractivity contribution is 6.06. The van der Waals surface area contributed by atoms with Gasteiger partial charge in [-0.25, -0.2) is 23.1 Å². The lowest BCUT2D eigenvalue weighted by Gasteiger charge is -2.29. The highest BCUT2D eigenvalue weighted by Crippen LogP contribution is 2.44. The number of aromatic nitrogens is 3. The Bertz CT molecular complexity index is 1160. The summed E-state index contributed by atoms with van der Waals surface area (Å²) >= 11 is 0. The van der Waals surface area contributed by atoms with Crippen LogP contribution in [0.5, 0.6) is 6.01 Å². The molecular formula is C25H25F3N4O2. The smallest absolute Gasteiger partial charge is 0.316 e. The third-order valence-electron chi connectivity index (χ3n) is 5.72. The molecule has 2 heterocycles. The van der Waals surface area contributed by atoms with Gasteiger partial charge in [0.25, 0.3) is 5.91 Å². The van der Waals surface area contributed by atoms with Gasteiger partial charge < -0.3 is 10.1 Å². The molecule has 0 saturated heterocycles. The standard InChI is InChI=1S/C25H25F3N4O2/c1-15(2)34-24-30-13-17(14-31-24)23(33)32-22-19(18-5-3-4-6-20(18)26)9-12-29-21(22)16-7-10-25(27,28)11-8-16/h3-6,9,12-16H,7-8,10-11H2,1-2H3,(H,32,33). The first-order valence-electron chi connectivity index (χ1n) is 11.2. The summed E-state index contributed by atoms with van der Waals surface area (Å²) in [6, 6.07) is 7.92. The Kier molecular flexibility index (Phi) is 6.81. The lowest BCUT2D eigenvalue weighted by atomic mass is 9.83. The van der Waals surface area contributed by atoms with Gasteiger partial charge in [-0.2, -0.15) is 0 Å². The van der Waals surface area contributed by atoms with E-state index in [-0.39, 0.29) is 54.8 Å². The van der Waals surface area contributed by atoms with Gasteiger partial charge in [0.15, 0.2) is 0 Å². The van der Waals surface area contributed by atoms with E-state index >= 15 is 0 Å². The van der Waals surface area contributed by atoms with Crippen LogP contribution in [-0.2, 0) is 0 Å². The van der Waals surface area contributed by atoms with E-state index in [0.29, 0.717) is 16.9 Å². The largest absolute Gasteiger partial charge is 0.461 e. The summed E-state index contributed by atoms with van der Waals surface area (Å²) in [5, 5.41) is 2.82. The van der Waals surface area contributed by atoms with Crippen LogP contribution in [0.4, 0.5) is 18.9 Å². The normalized spacial score (nSPS) is 15.8. The Hall–Kier alpha value is -3.49. The first-order chi connectivity index (χ1) is 16.2. The maximum absolute atomic E-state index is 14.7. The van der Waals surface area contributed by atoms with Gasteiger partial charge in [0.05, 0.1) is 23.0 Å². The average Bonchev–Trinajstić information content (AvgIpc) is 2.80. The molecule has 1 aliphatic carbocycles. The first kappa shape index (κ1) is 23.7. The number of anilines is 1. The van der Waals surface area contributed by atoms with Gasteiger partial charge >= 0.3 is 6.01 Å². The fraction of sp³-hybridized carbons (Fsp3) is 0.360. The third kappa shape index (κ3) is 5.35. The fourth-order valence-corrected chi connectivity index (χ4v) is 4.03. The second kappa shape index (κ2) is 9.79. The third-order valence-corrected chi connectivity index (χ3v) is 5.72. The van der Waals surface area contributed by atoms with Crippen LogP contribution in [0.3, 0.4) is 0 Å². The van der Waals surface area contributed by atoms with E-state index in [2.05, 4.69) is 20.3 Å². The number of nitrogens with zero attached hydrogens (tertiary/aromatic N) is 3. The summed E-state index contributed by atoms with van der Waals surface area (Å²) in [5.41, 5.74) is 1.63. The van der Waals surface area contributed by atoms with Crippen molar-refractivity contribution in [3.8, 4) is 17.1 Å². The molecule has 3 aromatic rings. The Morgan fingerprint density at radius 1 is 1.06 bits per heavy atom. The SMILES string of the molecule is CC(C)Oc1ncc(C(=O)Nc2c(-c3ccccc3F)ccnc2C2CCC(F)(F)CC2)cn1. The van der Waals surface area contributed by atoms with Crippen molar-refractivity contribution in [2.45, 2.75) is 57.5 Å². The molecule has 1 fully saturated rings. The summed E-state index contributed by atoms with van der Waals surface area (Å²) in [6.45, 7) is 3.67. The van der Waals surface area contributed by atoms with Crippen molar-refractivity contribution < 1.29 is 22.7 Å². The summed E-state index contributed by atoms with van der Waals surface area (Å²) in [5.74, 6) is -3.99. The molecule has 1 aliphatic rings. The molecule has 1 aromatic carbocycles. The maximum atomic E-state index is 14.7. The number of alkyl halides is 2. The summed E-state index contributed by atoms with van der Waals surface area (Å²) in [6.07, 6.45) is 3.97. The van der Waals surface area contributed by atoms with Crippen molar-refractivity contribution in [2.24, 2.45) is 0 Å². The molecule has 0 radical (unpaired) electrons. The predicted octanol–water partition coefficient (Wildman–Crippen LogP) is 6.01. The average molecular weight is 470 g/mol. The van der Waals surface area contributed by atoms with Crippen LogP contribution in [0.15, 0.2) is 48.9 Å². The number of nitrogens with one attached hydrogen (secondary N) is 1. The van der Waals surface area contributed by atoms with E-state index in [9.17, 15) is 18.0 Å². The number of hydrogen-bond donors (Lipinski definition) is 1. The van der Waals surface area contributed by atoms with Crippen LogP contribution in [0.25, 0.3) is 11.1 Å². The number of carbonyl (C=O) groups excluding carboxylic acids is 1. The van der Waals surface area contributed by atoms with E-state index in [0.717, 1.165) is 0 Å². The molecule has 0 spiro atoms. The molecule has 0 unspecified atom stereocenters.